The zero-order valence-electron chi connectivity index (χ0n) is 11.7. The van der Waals surface area contributed by atoms with Gasteiger partial charge in [-0.25, -0.2) is 0 Å². The minimum atomic E-state index is -3.35. The van der Waals surface area contributed by atoms with Gasteiger partial charge in [0, 0.05) is 26.7 Å². The van der Waals surface area contributed by atoms with Crippen LogP contribution in [0.15, 0.2) is 0 Å². The molecule has 2 unspecified atom stereocenters. The van der Waals surface area contributed by atoms with E-state index in [9.17, 15) is 8.42 Å². The van der Waals surface area contributed by atoms with Crippen molar-refractivity contribution in [3.63, 3.8) is 0 Å². The maximum atomic E-state index is 12.3. The van der Waals surface area contributed by atoms with Gasteiger partial charge in [-0.2, -0.15) is 17.0 Å². The summed E-state index contributed by atoms with van der Waals surface area (Å²) in [5.41, 5.74) is 0. The van der Waals surface area contributed by atoms with E-state index in [2.05, 4.69) is 5.32 Å². The van der Waals surface area contributed by atoms with Crippen molar-refractivity contribution >= 4 is 10.2 Å². The van der Waals surface area contributed by atoms with E-state index in [0.29, 0.717) is 19.6 Å². The Morgan fingerprint density at radius 1 is 1.33 bits per heavy atom. The molecule has 0 aromatic carbocycles. The van der Waals surface area contributed by atoms with Crippen molar-refractivity contribution in [2.75, 3.05) is 40.3 Å². The van der Waals surface area contributed by atoms with E-state index in [1.807, 2.05) is 20.9 Å². The lowest BCUT2D eigenvalue weighted by Crippen LogP contribution is -2.52. The van der Waals surface area contributed by atoms with Crippen LogP contribution in [0.5, 0.6) is 0 Å². The second kappa shape index (κ2) is 6.81. The summed E-state index contributed by atoms with van der Waals surface area (Å²) in [5.74, 6) is 0. The van der Waals surface area contributed by atoms with Crippen LogP contribution >= 0.6 is 0 Å². The van der Waals surface area contributed by atoms with E-state index >= 15 is 0 Å². The fourth-order valence-electron chi connectivity index (χ4n) is 2.11. The predicted octanol–water partition coefficient (Wildman–Crippen LogP) is -0.118. The molecule has 108 valence electrons. The Morgan fingerprint density at radius 3 is 2.39 bits per heavy atom. The van der Waals surface area contributed by atoms with Gasteiger partial charge in [0.1, 0.15) is 0 Å². The van der Waals surface area contributed by atoms with Gasteiger partial charge < -0.3 is 10.1 Å². The third-order valence-electron chi connectivity index (χ3n) is 3.01. The summed E-state index contributed by atoms with van der Waals surface area (Å²) in [5, 5.41) is 3.01. The van der Waals surface area contributed by atoms with Crippen molar-refractivity contribution < 1.29 is 13.2 Å². The van der Waals surface area contributed by atoms with Crippen LogP contribution in [-0.4, -0.2) is 69.5 Å². The summed E-state index contributed by atoms with van der Waals surface area (Å²) in [6.45, 7) is 6.02. The average molecular weight is 279 g/mol. The minimum Gasteiger partial charge on any atom is -0.373 e. The Kier molecular flexibility index (Phi) is 6.00. The van der Waals surface area contributed by atoms with E-state index in [4.69, 9.17) is 4.74 Å². The summed E-state index contributed by atoms with van der Waals surface area (Å²) in [6.07, 6.45) is 0.713. The average Bonchev–Trinajstić information content (AvgIpc) is 2.27. The highest BCUT2D eigenvalue weighted by Crippen LogP contribution is 2.16. The highest BCUT2D eigenvalue weighted by molar-refractivity contribution is 7.86. The van der Waals surface area contributed by atoms with Crippen LogP contribution in [0.1, 0.15) is 20.3 Å². The Bertz CT molecular complexity index is 337. The molecular weight excluding hydrogens is 254 g/mol. The van der Waals surface area contributed by atoms with E-state index in [-0.39, 0.29) is 12.2 Å². The molecule has 0 spiro atoms. The largest absolute Gasteiger partial charge is 0.373 e. The first-order valence-corrected chi connectivity index (χ1v) is 7.79. The lowest BCUT2D eigenvalue weighted by molar-refractivity contribution is -0.0452. The summed E-state index contributed by atoms with van der Waals surface area (Å²) >= 11 is 0. The Balaban J connectivity index is 2.61. The standard InChI is InChI=1S/C11H25N3O3S/c1-10-8-14(9-11(2)17-10)18(15,16)13(4)7-5-6-12-3/h10-12H,5-9H2,1-4H3. The molecule has 6 nitrogen and oxygen atoms in total. The van der Waals surface area contributed by atoms with Crippen LogP contribution < -0.4 is 5.32 Å². The van der Waals surface area contributed by atoms with E-state index in [0.717, 1.165) is 13.0 Å². The first-order valence-electron chi connectivity index (χ1n) is 6.39. The third-order valence-corrected chi connectivity index (χ3v) is 4.93. The van der Waals surface area contributed by atoms with Crippen molar-refractivity contribution in [2.24, 2.45) is 0 Å². The molecule has 0 amide bonds. The first-order chi connectivity index (χ1) is 8.37. The van der Waals surface area contributed by atoms with E-state index < -0.39 is 10.2 Å². The van der Waals surface area contributed by atoms with Gasteiger partial charge in [0.05, 0.1) is 12.2 Å². The number of nitrogens with zero attached hydrogens (tertiary/aromatic N) is 2. The first kappa shape index (κ1) is 15.8. The van der Waals surface area contributed by atoms with Gasteiger partial charge in [-0.15, -0.1) is 0 Å². The minimum absolute atomic E-state index is 0.0470. The zero-order chi connectivity index (χ0) is 13.8. The molecule has 1 saturated heterocycles. The smallest absolute Gasteiger partial charge is 0.281 e. The van der Waals surface area contributed by atoms with Gasteiger partial charge >= 0.3 is 0 Å². The third kappa shape index (κ3) is 4.17. The zero-order valence-corrected chi connectivity index (χ0v) is 12.5. The topological polar surface area (TPSA) is 61.9 Å². The molecule has 0 aromatic rings. The summed E-state index contributed by atoms with van der Waals surface area (Å²) in [6, 6.07) is 0. The quantitative estimate of drug-likeness (QED) is 0.689. The summed E-state index contributed by atoms with van der Waals surface area (Å²) in [7, 11) is 0.146. The maximum absolute atomic E-state index is 12.3. The molecule has 1 heterocycles. The molecule has 18 heavy (non-hydrogen) atoms. The maximum Gasteiger partial charge on any atom is 0.281 e. The molecule has 2 atom stereocenters. The van der Waals surface area contributed by atoms with E-state index in [1.165, 1.54) is 8.61 Å². The van der Waals surface area contributed by atoms with Crippen LogP contribution in [0.25, 0.3) is 0 Å². The van der Waals surface area contributed by atoms with Crippen LogP contribution in [-0.2, 0) is 14.9 Å². The SMILES string of the molecule is CNCCCN(C)S(=O)(=O)N1CC(C)OC(C)C1. The highest BCUT2D eigenvalue weighted by Gasteiger charge is 2.33. The van der Waals surface area contributed by atoms with Gasteiger partial charge in [-0.05, 0) is 33.9 Å². The molecule has 0 bridgehead atoms. The van der Waals surface area contributed by atoms with Crippen molar-refractivity contribution in [1.82, 2.24) is 13.9 Å². The van der Waals surface area contributed by atoms with Crippen molar-refractivity contribution in [3.05, 3.63) is 0 Å². The summed E-state index contributed by atoms with van der Waals surface area (Å²) in [4.78, 5) is 0. The number of nitrogens with one attached hydrogen (secondary N) is 1. The summed E-state index contributed by atoms with van der Waals surface area (Å²) < 4.78 is 33.2. The van der Waals surface area contributed by atoms with Crippen molar-refractivity contribution in [2.45, 2.75) is 32.5 Å². The second-order valence-electron chi connectivity index (χ2n) is 4.86. The van der Waals surface area contributed by atoms with Gasteiger partial charge in [0.2, 0.25) is 0 Å². The van der Waals surface area contributed by atoms with Gasteiger partial charge in [0.25, 0.3) is 10.2 Å². The van der Waals surface area contributed by atoms with Gasteiger partial charge in [-0.3, -0.25) is 0 Å². The number of hydrogen-bond acceptors (Lipinski definition) is 4. The molecule has 0 radical (unpaired) electrons. The van der Waals surface area contributed by atoms with Crippen LogP contribution in [0.4, 0.5) is 0 Å². The van der Waals surface area contributed by atoms with E-state index in [1.54, 1.807) is 7.05 Å². The number of rotatable bonds is 6. The van der Waals surface area contributed by atoms with Crippen LogP contribution in [0.3, 0.4) is 0 Å². The van der Waals surface area contributed by atoms with Crippen molar-refractivity contribution in [1.29, 1.82) is 0 Å². The molecule has 7 heteroatoms. The van der Waals surface area contributed by atoms with Crippen LogP contribution in [0, 0.1) is 0 Å². The molecule has 1 rings (SSSR count). The van der Waals surface area contributed by atoms with Gasteiger partial charge in [0.15, 0.2) is 0 Å². The number of morpholine rings is 1. The Hall–Kier alpha value is -0.210. The molecule has 1 fully saturated rings. The molecular formula is C11H25N3O3S. The fourth-order valence-corrected chi connectivity index (χ4v) is 3.66. The number of ether oxygens (including phenoxy) is 1. The van der Waals surface area contributed by atoms with Crippen LogP contribution in [0.2, 0.25) is 0 Å². The molecule has 0 aliphatic carbocycles. The Labute approximate surface area is 110 Å². The predicted molar refractivity (Wildman–Crippen MR) is 71.7 cm³/mol. The highest BCUT2D eigenvalue weighted by atomic mass is 32.2. The second-order valence-corrected chi connectivity index (χ2v) is 6.90. The number of hydrogen-bond donors (Lipinski definition) is 1. The molecule has 1 aliphatic rings. The Morgan fingerprint density at radius 2 is 1.89 bits per heavy atom. The molecule has 1 N–H and O–H groups in total. The monoisotopic (exact) mass is 279 g/mol. The lowest BCUT2D eigenvalue weighted by Gasteiger charge is -2.36. The lowest BCUT2D eigenvalue weighted by atomic mass is 10.3. The van der Waals surface area contributed by atoms with Crippen molar-refractivity contribution in [3.8, 4) is 0 Å². The van der Waals surface area contributed by atoms with Gasteiger partial charge in [-0.1, -0.05) is 0 Å². The molecule has 0 aromatic heterocycles. The fraction of sp³-hybridized carbons (Fsp3) is 1.00. The molecule has 0 saturated carbocycles. The molecule has 1 aliphatic heterocycles. The normalized spacial score (nSPS) is 26.7.